The first-order chi connectivity index (χ1) is 11.5. The van der Waals surface area contributed by atoms with Crippen LogP contribution in [0, 0.1) is 13.8 Å². The normalized spacial score (nSPS) is 11.3. The number of hydrogen-bond acceptors (Lipinski definition) is 6. The highest BCUT2D eigenvalue weighted by Crippen LogP contribution is 2.14. The van der Waals surface area contributed by atoms with Crippen molar-refractivity contribution in [2.24, 2.45) is 0 Å². The topological polar surface area (TPSA) is 59.7 Å². The minimum atomic E-state index is -0.134. The van der Waals surface area contributed by atoms with Gasteiger partial charge in [-0.3, -0.25) is 9.69 Å². The molecule has 2 heterocycles. The fourth-order valence-electron chi connectivity index (χ4n) is 2.36. The molecule has 0 aliphatic carbocycles. The average Bonchev–Trinajstić information content (AvgIpc) is 2.90. The van der Waals surface area contributed by atoms with E-state index in [1.54, 1.807) is 0 Å². The molecule has 3 rings (SSSR count). The molecule has 0 atom stereocenters. The van der Waals surface area contributed by atoms with Gasteiger partial charge in [-0.25, -0.2) is 4.98 Å². The van der Waals surface area contributed by atoms with E-state index in [0.29, 0.717) is 18.1 Å². The monoisotopic (exact) mass is 344 g/mol. The lowest BCUT2D eigenvalue weighted by Gasteiger charge is -2.15. The van der Waals surface area contributed by atoms with Crippen LogP contribution in [0.5, 0.6) is 5.75 Å². The van der Waals surface area contributed by atoms with Crippen molar-refractivity contribution < 1.29 is 4.74 Å². The summed E-state index contributed by atoms with van der Waals surface area (Å²) in [7, 11) is 2.01. The minimum absolute atomic E-state index is 0.134. The average molecular weight is 344 g/mol. The summed E-state index contributed by atoms with van der Waals surface area (Å²) in [6, 6.07) is 9.51. The van der Waals surface area contributed by atoms with Crippen LogP contribution in [0.25, 0.3) is 4.96 Å². The molecular formula is C17H20N4O2S. The predicted molar refractivity (Wildman–Crippen MR) is 94.9 cm³/mol. The van der Waals surface area contributed by atoms with Crippen LogP contribution in [0.2, 0.25) is 0 Å². The Hall–Kier alpha value is -2.25. The summed E-state index contributed by atoms with van der Waals surface area (Å²) in [5.41, 5.74) is 1.77. The Kier molecular flexibility index (Phi) is 4.92. The molecule has 0 amide bonds. The number of rotatable bonds is 6. The highest BCUT2D eigenvalue weighted by atomic mass is 32.1. The SMILES string of the molecule is Cc1cccc(OCCN(C)Cc2nn3c(=O)cc(C)nc3s2)c1. The van der Waals surface area contributed by atoms with Gasteiger partial charge in [0.1, 0.15) is 17.4 Å². The number of aryl methyl sites for hydroxylation is 2. The van der Waals surface area contributed by atoms with Crippen molar-refractivity contribution >= 4 is 16.3 Å². The fraction of sp³-hybridized carbons (Fsp3) is 0.353. The number of nitrogens with zero attached hydrogens (tertiary/aromatic N) is 4. The Balaban J connectivity index is 1.58. The van der Waals surface area contributed by atoms with Gasteiger partial charge in [0.2, 0.25) is 4.96 Å². The van der Waals surface area contributed by atoms with Crippen molar-refractivity contribution in [1.29, 1.82) is 0 Å². The third-order valence-corrected chi connectivity index (χ3v) is 4.44. The zero-order valence-electron chi connectivity index (χ0n) is 14.0. The Morgan fingerprint density at radius 1 is 1.29 bits per heavy atom. The highest BCUT2D eigenvalue weighted by molar-refractivity contribution is 7.16. The fourth-order valence-corrected chi connectivity index (χ4v) is 3.38. The smallest absolute Gasteiger partial charge is 0.275 e. The lowest BCUT2D eigenvalue weighted by Crippen LogP contribution is -2.24. The molecule has 0 fully saturated rings. The molecule has 24 heavy (non-hydrogen) atoms. The van der Waals surface area contributed by atoms with Gasteiger partial charge in [-0.05, 0) is 38.6 Å². The summed E-state index contributed by atoms with van der Waals surface area (Å²) >= 11 is 1.44. The first kappa shape index (κ1) is 16.6. The van der Waals surface area contributed by atoms with Crippen molar-refractivity contribution in [2.45, 2.75) is 20.4 Å². The summed E-state index contributed by atoms with van der Waals surface area (Å²) < 4.78 is 7.13. The second kappa shape index (κ2) is 7.11. The molecule has 0 N–H and O–H groups in total. The third kappa shape index (κ3) is 3.98. The van der Waals surface area contributed by atoms with E-state index in [2.05, 4.69) is 15.0 Å². The number of ether oxygens (including phenoxy) is 1. The molecule has 1 aromatic carbocycles. The summed E-state index contributed by atoms with van der Waals surface area (Å²) in [5, 5.41) is 5.21. The standard InChI is InChI=1S/C17H20N4O2S/c1-12-5-4-6-14(9-12)23-8-7-20(3)11-15-19-21-16(22)10-13(2)18-17(21)24-15/h4-6,9-10H,7-8,11H2,1-3H3. The maximum atomic E-state index is 11.9. The molecule has 2 aromatic heterocycles. The van der Waals surface area contributed by atoms with Gasteiger partial charge in [0.05, 0.1) is 6.54 Å². The quantitative estimate of drug-likeness (QED) is 0.687. The molecule has 0 unspecified atom stereocenters. The van der Waals surface area contributed by atoms with Gasteiger partial charge < -0.3 is 4.74 Å². The van der Waals surface area contributed by atoms with Crippen LogP contribution in [-0.4, -0.2) is 39.7 Å². The van der Waals surface area contributed by atoms with Crippen molar-refractivity contribution in [3.05, 3.63) is 57.0 Å². The molecule has 0 aliphatic rings. The second-order valence-electron chi connectivity index (χ2n) is 5.83. The first-order valence-corrected chi connectivity index (χ1v) is 8.57. The lowest BCUT2D eigenvalue weighted by atomic mass is 10.2. The third-order valence-electron chi connectivity index (χ3n) is 3.55. The van der Waals surface area contributed by atoms with Gasteiger partial charge in [0, 0.05) is 18.3 Å². The van der Waals surface area contributed by atoms with Gasteiger partial charge in [-0.15, -0.1) is 0 Å². The molecule has 0 saturated heterocycles. The van der Waals surface area contributed by atoms with Crippen molar-refractivity contribution in [1.82, 2.24) is 19.5 Å². The van der Waals surface area contributed by atoms with E-state index in [9.17, 15) is 4.79 Å². The lowest BCUT2D eigenvalue weighted by molar-refractivity contribution is 0.232. The molecule has 126 valence electrons. The van der Waals surface area contributed by atoms with E-state index in [1.165, 1.54) is 27.5 Å². The molecule has 0 bridgehead atoms. The largest absolute Gasteiger partial charge is 0.492 e. The number of fused-ring (bicyclic) bond motifs is 1. The van der Waals surface area contributed by atoms with Crippen LogP contribution in [0.1, 0.15) is 16.3 Å². The van der Waals surface area contributed by atoms with Crippen molar-refractivity contribution in [2.75, 3.05) is 20.2 Å². The van der Waals surface area contributed by atoms with Gasteiger partial charge >= 0.3 is 0 Å². The van der Waals surface area contributed by atoms with Crippen molar-refractivity contribution in [3.63, 3.8) is 0 Å². The molecule has 0 aliphatic heterocycles. The first-order valence-electron chi connectivity index (χ1n) is 7.76. The molecule has 0 radical (unpaired) electrons. The number of likely N-dealkylation sites (N-methyl/N-ethyl adjacent to an activating group) is 1. The Morgan fingerprint density at radius 2 is 2.12 bits per heavy atom. The zero-order valence-corrected chi connectivity index (χ0v) is 14.8. The molecular weight excluding hydrogens is 324 g/mol. The van der Waals surface area contributed by atoms with Crippen LogP contribution < -0.4 is 10.3 Å². The van der Waals surface area contributed by atoms with E-state index in [4.69, 9.17) is 4.74 Å². The van der Waals surface area contributed by atoms with Crippen LogP contribution in [0.3, 0.4) is 0 Å². The Morgan fingerprint density at radius 3 is 2.92 bits per heavy atom. The van der Waals surface area contributed by atoms with Gasteiger partial charge in [0.15, 0.2) is 0 Å². The van der Waals surface area contributed by atoms with Gasteiger partial charge in [-0.2, -0.15) is 9.61 Å². The van der Waals surface area contributed by atoms with Gasteiger partial charge in [0.25, 0.3) is 5.56 Å². The Labute approximate surface area is 144 Å². The zero-order chi connectivity index (χ0) is 17.1. The second-order valence-corrected chi connectivity index (χ2v) is 6.87. The molecule has 7 heteroatoms. The number of benzene rings is 1. The maximum absolute atomic E-state index is 11.9. The predicted octanol–water partition coefficient (Wildman–Crippen LogP) is 2.28. The molecule has 0 saturated carbocycles. The van der Waals surface area contributed by atoms with E-state index in [0.717, 1.165) is 23.0 Å². The number of hydrogen-bond donors (Lipinski definition) is 0. The van der Waals surface area contributed by atoms with E-state index in [-0.39, 0.29) is 5.56 Å². The van der Waals surface area contributed by atoms with Crippen LogP contribution in [-0.2, 0) is 6.54 Å². The van der Waals surface area contributed by atoms with E-state index >= 15 is 0 Å². The van der Waals surface area contributed by atoms with E-state index in [1.807, 2.05) is 45.2 Å². The van der Waals surface area contributed by atoms with Crippen LogP contribution in [0.4, 0.5) is 0 Å². The molecule has 0 spiro atoms. The van der Waals surface area contributed by atoms with Crippen LogP contribution >= 0.6 is 11.3 Å². The van der Waals surface area contributed by atoms with Gasteiger partial charge in [-0.1, -0.05) is 23.5 Å². The summed E-state index contributed by atoms with van der Waals surface area (Å²) in [5.74, 6) is 0.884. The Bertz CT molecular complexity index is 903. The summed E-state index contributed by atoms with van der Waals surface area (Å²) in [6.45, 7) is 5.89. The molecule has 6 nitrogen and oxygen atoms in total. The highest BCUT2D eigenvalue weighted by Gasteiger charge is 2.10. The van der Waals surface area contributed by atoms with Crippen molar-refractivity contribution in [3.8, 4) is 5.75 Å². The summed E-state index contributed by atoms with van der Waals surface area (Å²) in [6.07, 6.45) is 0. The molecule has 3 aromatic rings. The summed E-state index contributed by atoms with van der Waals surface area (Å²) in [4.78, 5) is 19.0. The van der Waals surface area contributed by atoms with Crippen LogP contribution in [0.15, 0.2) is 35.1 Å². The maximum Gasteiger partial charge on any atom is 0.275 e. The van der Waals surface area contributed by atoms with E-state index < -0.39 is 0 Å². The minimum Gasteiger partial charge on any atom is -0.492 e. The number of aromatic nitrogens is 3.